The normalized spacial score (nSPS) is 9.64. The summed E-state index contributed by atoms with van der Waals surface area (Å²) in [5.74, 6) is -0.543. The fraction of sp³-hybridized carbons (Fsp3) is 0.143. The molecule has 0 aliphatic heterocycles. The van der Waals surface area contributed by atoms with E-state index in [2.05, 4.69) is 20.9 Å². The minimum Gasteiger partial charge on any atom is -0.291 e. The van der Waals surface area contributed by atoms with E-state index in [0.29, 0.717) is 10.0 Å². The van der Waals surface area contributed by atoms with Gasteiger partial charge in [-0.25, -0.2) is 4.39 Å². The van der Waals surface area contributed by atoms with Crippen molar-refractivity contribution in [3.05, 3.63) is 28.5 Å². The van der Waals surface area contributed by atoms with E-state index in [0.717, 1.165) is 0 Å². The standard InChI is InChI=1S/C7H5BrFNO/c8-6-1-5(3-10-4-6)7(11)2-9/h1,3-4H,2H2. The molecule has 1 heterocycles. The quantitative estimate of drug-likeness (QED) is 0.710. The molecule has 0 saturated carbocycles. The van der Waals surface area contributed by atoms with Crippen molar-refractivity contribution in [3.63, 3.8) is 0 Å². The summed E-state index contributed by atoms with van der Waals surface area (Å²) >= 11 is 3.12. The highest BCUT2D eigenvalue weighted by Crippen LogP contribution is 2.09. The molecule has 0 spiro atoms. The first-order chi connectivity index (χ1) is 5.24. The number of ketones is 1. The van der Waals surface area contributed by atoms with Crippen LogP contribution in [0.3, 0.4) is 0 Å². The van der Waals surface area contributed by atoms with Crippen LogP contribution in [0.5, 0.6) is 0 Å². The van der Waals surface area contributed by atoms with E-state index in [9.17, 15) is 9.18 Å². The predicted molar refractivity (Wildman–Crippen MR) is 42.2 cm³/mol. The van der Waals surface area contributed by atoms with Gasteiger partial charge in [-0.15, -0.1) is 0 Å². The Morgan fingerprint density at radius 1 is 1.64 bits per heavy atom. The predicted octanol–water partition coefficient (Wildman–Crippen LogP) is 2.00. The third-order valence-corrected chi connectivity index (χ3v) is 1.58. The van der Waals surface area contributed by atoms with Crippen molar-refractivity contribution in [2.45, 2.75) is 0 Å². The highest BCUT2D eigenvalue weighted by atomic mass is 79.9. The smallest absolute Gasteiger partial charge is 0.195 e. The Kier molecular flexibility index (Phi) is 2.70. The summed E-state index contributed by atoms with van der Waals surface area (Å²) in [6.45, 7) is -0.974. The molecule has 11 heavy (non-hydrogen) atoms. The number of rotatable bonds is 2. The van der Waals surface area contributed by atoms with E-state index < -0.39 is 12.5 Å². The second-order valence-electron chi connectivity index (χ2n) is 1.95. The lowest BCUT2D eigenvalue weighted by molar-refractivity contribution is 0.0958. The number of aromatic nitrogens is 1. The Balaban J connectivity index is 2.96. The monoisotopic (exact) mass is 217 g/mol. The molecule has 1 rings (SSSR count). The Hall–Kier alpha value is -0.770. The Labute approximate surface area is 71.6 Å². The molecular weight excluding hydrogens is 213 g/mol. The van der Waals surface area contributed by atoms with Crippen molar-refractivity contribution in [1.82, 2.24) is 4.98 Å². The maximum absolute atomic E-state index is 11.8. The van der Waals surface area contributed by atoms with Gasteiger partial charge < -0.3 is 0 Å². The Morgan fingerprint density at radius 2 is 2.36 bits per heavy atom. The van der Waals surface area contributed by atoms with E-state index in [-0.39, 0.29) is 0 Å². The molecule has 0 N–H and O–H groups in total. The fourth-order valence-electron chi connectivity index (χ4n) is 0.642. The zero-order valence-corrected chi connectivity index (χ0v) is 7.14. The number of carbonyl (C=O) groups excluding carboxylic acids is 1. The van der Waals surface area contributed by atoms with Crippen molar-refractivity contribution >= 4 is 21.7 Å². The van der Waals surface area contributed by atoms with Gasteiger partial charge in [0.05, 0.1) is 0 Å². The molecule has 1 aromatic rings. The number of pyridine rings is 1. The van der Waals surface area contributed by atoms with Crippen molar-refractivity contribution in [1.29, 1.82) is 0 Å². The molecule has 0 atom stereocenters. The molecule has 0 radical (unpaired) electrons. The molecule has 0 fully saturated rings. The SMILES string of the molecule is O=C(CF)c1cncc(Br)c1. The van der Waals surface area contributed by atoms with Gasteiger partial charge in [0.25, 0.3) is 0 Å². The van der Waals surface area contributed by atoms with E-state index in [1.54, 1.807) is 0 Å². The first kappa shape index (κ1) is 8.33. The number of carbonyl (C=O) groups is 1. The fourth-order valence-corrected chi connectivity index (χ4v) is 1.01. The van der Waals surface area contributed by atoms with Crippen LogP contribution < -0.4 is 0 Å². The average Bonchev–Trinajstić information content (AvgIpc) is 2.03. The van der Waals surface area contributed by atoms with E-state index >= 15 is 0 Å². The van der Waals surface area contributed by atoms with Gasteiger partial charge in [-0.3, -0.25) is 9.78 Å². The van der Waals surface area contributed by atoms with Crippen LogP contribution >= 0.6 is 15.9 Å². The largest absolute Gasteiger partial charge is 0.291 e. The van der Waals surface area contributed by atoms with Gasteiger partial charge in [-0.05, 0) is 22.0 Å². The Bertz CT molecular complexity index is 277. The number of nitrogens with zero attached hydrogens (tertiary/aromatic N) is 1. The third-order valence-electron chi connectivity index (χ3n) is 1.15. The number of alkyl halides is 1. The van der Waals surface area contributed by atoms with Gasteiger partial charge in [0.15, 0.2) is 12.5 Å². The van der Waals surface area contributed by atoms with Gasteiger partial charge in [0, 0.05) is 22.4 Å². The van der Waals surface area contributed by atoms with Crippen molar-refractivity contribution in [2.75, 3.05) is 6.67 Å². The summed E-state index contributed by atoms with van der Waals surface area (Å²) in [6.07, 6.45) is 2.88. The summed E-state index contributed by atoms with van der Waals surface area (Å²) in [7, 11) is 0. The maximum Gasteiger partial charge on any atom is 0.195 e. The summed E-state index contributed by atoms with van der Waals surface area (Å²) < 4.78 is 12.5. The van der Waals surface area contributed by atoms with Gasteiger partial charge in [0.1, 0.15) is 0 Å². The first-order valence-corrected chi connectivity index (χ1v) is 3.73. The summed E-state index contributed by atoms with van der Waals surface area (Å²) in [6, 6.07) is 1.54. The molecule has 2 nitrogen and oxygen atoms in total. The van der Waals surface area contributed by atoms with E-state index in [4.69, 9.17) is 0 Å². The van der Waals surface area contributed by atoms with Crippen LogP contribution in [0.2, 0.25) is 0 Å². The number of hydrogen-bond donors (Lipinski definition) is 0. The molecule has 0 bridgehead atoms. The first-order valence-electron chi connectivity index (χ1n) is 2.94. The maximum atomic E-state index is 11.8. The van der Waals surface area contributed by atoms with Gasteiger partial charge >= 0.3 is 0 Å². The number of hydrogen-bond acceptors (Lipinski definition) is 2. The topological polar surface area (TPSA) is 30.0 Å². The molecule has 1 aromatic heterocycles. The minimum atomic E-state index is -0.974. The Morgan fingerprint density at radius 3 is 2.91 bits per heavy atom. The second kappa shape index (κ2) is 3.57. The minimum absolute atomic E-state index is 0.293. The summed E-state index contributed by atoms with van der Waals surface area (Å²) in [4.78, 5) is 14.4. The average molecular weight is 218 g/mol. The molecule has 0 saturated heterocycles. The van der Waals surface area contributed by atoms with Crippen LogP contribution in [0, 0.1) is 0 Å². The van der Waals surface area contributed by atoms with E-state index in [1.807, 2.05) is 0 Å². The molecule has 0 aliphatic carbocycles. The summed E-state index contributed by atoms with van der Waals surface area (Å²) in [5.41, 5.74) is 0.293. The van der Waals surface area contributed by atoms with Crippen LogP contribution in [-0.2, 0) is 0 Å². The van der Waals surface area contributed by atoms with Crippen molar-refractivity contribution in [2.24, 2.45) is 0 Å². The summed E-state index contributed by atoms with van der Waals surface area (Å²) in [5, 5.41) is 0. The lowest BCUT2D eigenvalue weighted by Crippen LogP contribution is -2.00. The van der Waals surface area contributed by atoms with Crippen LogP contribution in [0.15, 0.2) is 22.9 Å². The lowest BCUT2D eigenvalue weighted by Gasteiger charge is -1.94. The van der Waals surface area contributed by atoms with Crippen molar-refractivity contribution < 1.29 is 9.18 Å². The second-order valence-corrected chi connectivity index (χ2v) is 2.86. The lowest BCUT2D eigenvalue weighted by atomic mass is 10.2. The van der Waals surface area contributed by atoms with Gasteiger partial charge in [-0.1, -0.05) is 0 Å². The van der Waals surface area contributed by atoms with Crippen LogP contribution in [0.25, 0.3) is 0 Å². The zero-order valence-electron chi connectivity index (χ0n) is 5.55. The molecule has 0 aliphatic rings. The molecule has 0 amide bonds. The van der Waals surface area contributed by atoms with E-state index in [1.165, 1.54) is 18.5 Å². The van der Waals surface area contributed by atoms with Crippen molar-refractivity contribution in [3.8, 4) is 0 Å². The zero-order chi connectivity index (χ0) is 8.27. The van der Waals surface area contributed by atoms with Gasteiger partial charge in [-0.2, -0.15) is 0 Å². The van der Waals surface area contributed by atoms with Crippen LogP contribution in [0.4, 0.5) is 4.39 Å². The highest BCUT2D eigenvalue weighted by Gasteiger charge is 2.04. The molecular formula is C7H5BrFNO. The van der Waals surface area contributed by atoms with Gasteiger partial charge in [0.2, 0.25) is 0 Å². The van der Waals surface area contributed by atoms with Crippen LogP contribution in [-0.4, -0.2) is 17.4 Å². The molecule has 4 heteroatoms. The molecule has 0 aromatic carbocycles. The number of Topliss-reactive ketones (excluding diaryl/α,β-unsaturated/α-hetero) is 1. The van der Waals surface area contributed by atoms with Crippen LogP contribution in [0.1, 0.15) is 10.4 Å². The highest BCUT2D eigenvalue weighted by molar-refractivity contribution is 9.10. The molecule has 58 valence electrons. The third kappa shape index (κ3) is 2.08. The molecule has 0 unspecified atom stereocenters. The number of halogens is 2.